The molecule has 6 heteroatoms. The van der Waals surface area contributed by atoms with Gasteiger partial charge in [-0.05, 0) is 55.6 Å². The lowest BCUT2D eigenvalue weighted by Crippen LogP contribution is -1.89. The van der Waals surface area contributed by atoms with Crippen LogP contribution in [0.4, 0.5) is 0 Å². The molecule has 17 heavy (non-hydrogen) atoms. The Hall–Kier alpha value is 0.940. The standard InChI is InChI=1S/C11H5Br3Cl2S/c12-6-4-9(17-11(6)14)10(13)5-1-2-7(15)8(16)3-5/h1-4,10H. The molecule has 0 saturated carbocycles. The summed E-state index contributed by atoms with van der Waals surface area (Å²) in [4.78, 5) is 1.31. The maximum absolute atomic E-state index is 6.01. The first-order chi connectivity index (χ1) is 7.99. The van der Waals surface area contributed by atoms with Crippen LogP contribution in [0.1, 0.15) is 15.3 Å². The topological polar surface area (TPSA) is 0 Å². The number of alkyl halides is 1. The van der Waals surface area contributed by atoms with Crippen molar-refractivity contribution >= 4 is 82.3 Å². The van der Waals surface area contributed by atoms with Gasteiger partial charge in [0.1, 0.15) is 0 Å². The van der Waals surface area contributed by atoms with Gasteiger partial charge in [0.05, 0.1) is 18.7 Å². The Morgan fingerprint density at radius 2 is 1.76 bits per heavy atom. The molecule has 1 aromatic heterocycles. The van der Waals surface area contributed by atoms with E-state index >= 15 is 0 Å². The second kappa shape index (κ2) is 5.93. The Morgan fingerprint density at radius 3 is 2.29 bits per heavy atom. The van der Waals surface area contributed by atoms with Crippen LogP contribution in [0.25, 0.3) is 0 Å². The summed E-state index contributed by atoms with van der Waals surface area (Å²) in [5, 5.41) is 1.15. The zero-order valence-electron chi connectivity index (χ0n) is 8.18. The van der Waals surface area contributed by atoms with Crippen molar-refractivity contribution in [3.05, 3.63) is 53.0 Å². The highest BCUT2D eigenvalue weighted by molar-refractivity contribution is 9.13. The van der Waals surface area contributed by atoms with Crippen LogP contribution in [0.3, 0.4) is 0 Å². The molecule has 1 unspecified atom stereocenters. The Morgan fingerprint density at radius 1 is 1.06 bits per heavy atom. The molecule has 0 N–H and O–H groups in total. The molecule has 90 valence electrons. The molecule has 0 amide bonds. The summed E-state index contributed by atoms with van der Waals surface area (Å²) in [5.74, 6) is 0. The highest BCUT2D eigenvalue weighted by Gasteiger charge is 2.15. The molecule has 1 atom stereocenters. The molecule has 0 saturated heterocycles. The highest BCUT2D eigenvalue weighted by atomic mass is 79.9. The Labute approximate surface area is 139 Å². The molecule has 1 aromatic carbocycles. The first kappa shape index (κ1) is 14.4. The number of thiophene rings is 1. The largest absolute Gasteiger partial charge is 0.131 e. The Bertz CT molecular complexity index is 534. The van der Waals surface area contributed by atoms with Crippen molar-refractivity contribution in [2.75, 3.05) is 0 Å². The van der Waals surface area contributed by atoms with Crippen LogP contribution in [0, 0.1) is 0 Å². The van der Waals surface area contributed by atoms with Gasteiger partial charge in [-0.1, -0.05) is 45.2 Å². The fourth-order valence-corrected chi connectivity index (χ4v) is 4.42. The molecule has 0 spiro atoms. The SMILES string of the molecule is Clc1ccc(C(Br)c2cc(Br)c(Br)s2)cc1Cl. The minimum absolute atomic E-state index is 0.116. The molecular weight excluding hydrogens is 475 g/mol. The van der Waals surface area contributed by atoms with Gasteiger partial charge in [-0.15, -0.1) is 11.3 Å². The summed E-state index contributed by atoms with van der Waals surface area (Å²) in [7, 11) is 0. The maximum Gasteiger partial charge on any atom is 0.0843 e. The van der Waals surface area contributed by atoms with Gasteiger partial charge in [-0.3, -0.25) is 0 Å². The molecular formula is C11H5Br3Cl2S. The lowest BCUT2D eigenvalue weighted by atomic mass is 10.1. The van der Waals surface area contributed by atoms with Crippen LogP contribution < -0.4 is 0 Å². The van der Waals surface area contributed by atoms with Crippen LogP contribution in [0.5, 0.6) is 0 Å². The lowest BCUT2D eigenvalue weighted by molar-refractivity contribution is 1.22. The molecule has 0 aliphatic carbocycles. The maximum atomic E-state index is 6.01. The molecule has 0 aliphatic rings. The summed E-state index contributed by atoms with van der Waals surface area (Å²) in [6.07, 6.45) is 0. The average molecular weight is 480 g/mol. The van der Waals surface area contributed by atoms with E-state index in [4.69, 9.17) is 23.2 Å². The molecule has 0 radical (unpaired) electrons. The van der Waals surface area contributed by atoms with E-state index in [0.29, 0.717) is 10.0 Å². The van der Waals surface area contributed by atoms with E-state index in [1.54, 1.807) is 11.3 Å². The number of hydrogen-bond donors (Lipinski definition) is 0. The predicted molar refractivity (Wildman–Crippen MR) is 87.0 cm³/mol. The van der Waals surface area contributed by atoms with Crippen LogP contribution in [-0.4, -0.2) is 0 Å². The monoisotopic (exact) mass is 476 g/mol. The first-order valence-corrected chi connectivity index (χ1v) is 8.60. The van der Waals surface area contributed by atoms with Crippen molar-refractivity contribution in [1.82, 2.24) is 0 Å². The van der Waals surface area contributed by atoms with E-state index in [1.807, 2.05) is 18.2 Å². The second-order valence-corrected chi connectivity index (χ2v) is 8.29. The van der Waals surface area contributed by atoms with Crippen molar-refractivity contribution < 1.29 is 0 Å². The fraction of sp³-hybridized carbons (Fsp3) is 0.0909. The molecule has 0 bridgehead atoms. The zero-order valence-corrected chi connectivity index (χ0v) is 15.3. The van der Waals surface area contributed by atoms with Gasteiger partial charge < -0.3 is 0 Å². The summed E-state index contributed by atoms with van der Waals surface area (Å²) in [5.41, 5.74) is 1.08. The van der Waals surface area contributed by atoms with Crippen LogP contribution in [0.15, 0.2) is 32.5 Å². The van der Waals surface area contributed by atoms with Crippen molar-refractivity contribution in [1.29, 1.82) is 0 Å². The molecule has 1 heterocycles. The van der Waals surface area contributed by atoms with Gasteiger partial charge in [0, 0.05) is 9.35 Å². The third-order valence-electron chi connectivity index (χ3n) is 2.15. The Kier molecular flexibility index (Phi) is 5.01. The minimum atomic E-state index is 0.116. The summed E-state index contributed by atoms with van der Waals surface area (Å²) >= 11 is 24.2. The average Bonchev–Trinajstić information content (AvgIpc) is 2.62. The van der Waals surface area contributed by atoms with Gasteiger partial charge in [0.2, 0.25) is 0 Å². The molecule has 0 nitrogen and oxygen atoms in total. The van der Waals surface area contributed by atoms with Crippen LogP contribution in [-0.2, 0) is 0 Å². The van der Waals surface area contributed by atoms with E-state index in [-0.39, 0.29) is 4.83 Å². The molecule has 0 fully saturated rings. The number of rotatable bonds is 2. The summed E-state index contributed by atoms with van der Waals surface area (Å²) < 4.78 is 2.14. The van der Waals surface area contributed by atoms with E-state index in [0.717, 1.165) is 13.8 Å². The van der Waals surface area contributed by atoms with Gasteiger partial charge >= 0.3 is 0 Å². The van der Waals surface area contributed by atoms with Gasteiger partial charge in [-0.2, -0.15) is 0 Å². The molecule has 0 aliphatic heterocycles. The zero-order chi connectivity index (χ0) is 12.6. The van der Waals surface area contributed by atoms with Crippen molar-refractivity contribution in [3.63, 3.8) is 0 Å². The smallest absolute Gasteiger partial charge is 0.0843 e. The van der Waals surface area contributed by atoms with Gasteiger partial charge in [0.25, 0.3) is 0 Å². The fourth-order valence-electron chi connectivity index (χ4n) is 1.32. The van der Waals surface area contributed by atoms with Gasteiger partial charge in [-0.25, -0.2) is 0 Å². The van der Waals surface area contributed by atoms with Gasteiger partial charge in [0.15, 0.2) is 0 Å². The van der Waals surface area contributed by atoms with Crippen molar-refractivity contribution in [2.45, 2.75) is 4.83 Å². The van der Waals surface area contributed by atoms with Crippen molar-refractivity contribution in [2.24, 2.45) is 0 Å². The van der Waals surface area contributed by atoms with E-state index in [9.17, 15) is 0 Å². The third-order valence-corrected chi connectivity index (χ3v) is 7.54. The normalized spacial score (nSPS) is 12.8. The Balaban J connectivity index is 2.36. The first-order valence-electron chi connectivity index (χ1n) is 4.53. The number of halogens is 5. The summed E-state index contributed by atoms with van der Waals surface area (Å²) in [6, 6.07) is 7.74. The highest BCUT2D eigenvalue weighted by Crippen LogP contribution is 2.42. The third kappa shape index (κ3) is 3.28. The predicted octanol–water partition coefficient (Wildman–Crippen LogP) is 7.06. The van der Waals surface area contributed by atoms with Crippen molar-refractivity contribution in [3.8, 4) is 0 Å². The van der Waals surface area contributed by atoms with E-state index in [1.165, 1.54) is 4.88 Å². The molecule has 2 rings (SSSR count). The molecule has 2 aromatic rings. The van der Waals surface area contributed by atoms with E-state index in [2.05, 4.69) is 53.9 Å². The number of hydrogen-bond acceptors (Lipinski definition) is 1. The van der Waals surface area contributed by atoms with Crippen LogP contribution in [0.2, 0.25) is 10.0 Å². The quantitative estimate of drug-likeness (QED) is 0.404. The van der Waals surface area contributed by atoms with Crippen LogP contribution >= 0.6 is 82.3 Å². The number of benzene rings is 1. The second-order valence-electron chi connectivity index (χ2n) is 3.31. The minimum Gasteiger partial charge on any atom is -0.131 e. The lowest BCUT2D eigenvalue weighted by Gasteiger charge is -2.08. The van der Waals surface area contributed by atoms with E-state index < -0.39 is 0 Å². The summed E-state index contributed by atoms with van der Waals surface area (Å²) in [6.45, 7) is 0.